The molecule has 1 amide bonds. The van der Waals surface area contributed by atoms with Crippen molar-refractivity contribution < 1.29 is 14.3 Å². The quantitative estimate of drug-likeness (QED) is 0.746. The third-order valence-electron chi connectivity index (χ3n) is 3.53. The third-order valence-corrected chi connectivity index (χ3v) is 4.25. The van der Waals surface area contributed by atoms with Crippen LogP contribution in [0.15, 0.2) is 53.0 Å². The van der Waals surface area contributed by atoms with Gasteiger partial charge in [0.2, 0.25) is 5.91 Å². The van der Waals surface area contributed by atoms with E-state index in [0.717, 1.165) is 15.6 Å². The zero-order valence-electron chi connectivity index (χ0n) is 13.9. The number of hydrogen-bond acceptors (Lipinski definition) is 3. The van der Waals surface area contributed by atoms with Crippen molar-refractivity contribution in [3.8, 4) is 11.5 Å². The first-order valence-electron chi connectivity index (χ1n) is 7.49. The second-order valence-corrected chi connectivity index (χ2v) is 6.09. The van der Waals surface area contributed by atoms with Gasteiger partial charge in [0.1, 0.15) is 11.5 Å². The number of carbonyl (C=O) groups excluding carboxylic acids is 1. The lowest BCUT2D eigenvalue weighted by molar-refractivity contribution is -0.117. The van der Waals surface area contributed by atoms with Crippen LogP contribution in [-0.2, 0) is 4.79 Å². The molecule has 0 aromatic heterocycles. The van der Waals surface area contributed by atoms with Gasteiger partial charge in [0, 0.05) is 16.6 Å². The lowest BCUT2D eigenvalue weighted by Gasteiger charge is -2.14. The largest absolute Gasteiger partial charge is 0.497 e. The summed E-state index contributed by atoms with van der Waals surface area (Å²) in [6, 6.07) is 13.2. The van der Waals surface area contributed by atoms with Gasteiger partial charge in [-0.1, -0.05) is 34.1 Å². The number of carbonyl (C=O) groups is 1. The Bertz CT molecular complexity index is 721. The average Bonchev–Trinajstić information content (AvgIpc) is 2.59. The smallest absolute Gasteiger partial charge is 0.244 e. The monoisotopic (exact) mass is 389 g/mol. The number of rotatable bonds is 6. The lowest BCUT2D eigenvalue weighted by atomic mass is 10.1. The summed E-state index contributed by atoms with van der Waals surface area (Å²) in [5.41, 5.74) is 1.86. The summed E-state index contributed by atoms with van der Waals surface area (Å²) in [5, 5.41) is 2.95. The number of nitrogens with one attached hydrogen (secondary N) is 1. The first-order valence-corrected chi connectivity index (χ1v) is 8.29. The van der Waals surface area contributed by atoms with E-state index in [1.165, 1.54) is 6.08 Å². The van der Waals surface area contributed by atoms with Crippen LogP contribution in [0.1, 0.15) is 24.1 Å². The molecule has 0 heterocycles. The first kappa shape index (κ1) is 18.1. The van der Waals surface area contributed by atoms with Crippen molar-refractivity contribution in [2.24, 2.45) is 0 Å². The fourth-order valence-corrected chi connectivity index (χ4v) is 2.89. The normalized spacial score (nSPS) is 12.0. The highest BCUT2D eigenvalue weighted by Gasteiger charge is 2.10. The average molecular weight is 390 g/mol. The Balaban J connectivity index is 2.06. The number of ether oxygens (including phenoxy) is 2. The highest BCUT2D eigenvalue weighted by molar-refractivity contribution is 9.10. The van der Waals surface area contributed by atoms with E-state index in [1.54, 1.807) is 26.4 Å². The number of hydrogen-bond donors (Lipinski definition) is 1. The van der Waals surface area contributed by atoms with Crippen LogP contribution in [-0.4, -0.2) is 20.1 Å². The van der Waals surface area contributed by atoms with E-state index in [-0.39, 0.29) is 11.9 Å². The maximum absolute atomic E-state index is 12.1. The minimum atomic E-state index is -0.167. The molecule has 0 saturated heterocycles. The van der Waals surface area contributed by atoms with Crippen LogP contribution in [0.4, 0.5) is 0 Å². The van der Waals surface area contributed by atoms with Crippen LogP contribution >= 0.6 is 15.9 Å². The van der Waals surface area contributed by atoms with Crippen LogP contribution in [0.25, 0.3) is 6.08 Å². The molecule has 0 saturated carbocycles. The Morgan fingerprint density at radius 3 is 2.33 bits per heavy atom. The van der Waals surface area contributed by atoms with Crippen LogP contribution in [0.2, 0.25) is 0 Å². The molecule has 0 unspecified atom stereocenters. The van der Waals surface area contributed by atoms with E-state index in [0.29, 0.717) is 11.5 Å². The number of methoxy groups -OCH3 is 2. The molecule has 2 aromatic rings. The van der Waals surface area contributed by atoms with Crippen LogP contribution in [0, 0.1) is 0 Å². The van der Waals surface area contributed by atoms with E-state index < -0.39 is 0 Å². The fourth-order valence-electron chi connectivity index (χ4n) is 2.26. The summed E-state index contributed by atoms with van der Waals surface area (Å²) >= 11 is 3.50. The summed E-state index contributed by atoms with van der Waals surface area (Å²) in [4.78, 5) is 12.1. The van der Waals surface area contributed by atoms with Gasteiger partial charge in [-0.2, -0.15) is 0 Å². The predicted molar refractivity (Wildman–Crippen MR) is 99.3 cm³/mol. The summed E-state index contributed by atoms with van der Waals surface area (Å²) in [7, 11) is 3.18. The van der Waals surface area contributed by atoms with Gasteiger partial charge in [0.05, 0.1) is 20.3 Å². The molecule has 24 heavy (non-hydrogen) atoms. The Morgan fingerprint density at radius 1 is 1.12 bits per heavy atom. The Kier molecular flexibility index (Phi) is 6.44. The predicted octanol–water partition coefficient (Wildman–Crippen LogP) is 4.36. The van der Waals surface area contributed by atoms with Gasteiger partial charge in [-0.15, -0.1) is 0 Å². The molecular weight excluding hydrogens is 370 g/mol. The Labute approximate surface area is 150 Å². The second-order valence-electron chi connectivity index (χ2n) is 5.23. The molecular formula is C19H20BrNO3. The molecule has 0 aliphatic rings. The topological polar surface area (TPSA) is 47.6 Å². The van der Waals surface area contributed by atoms with Crippen molar-refractivity contribution in [2.45, 2.75) is 13.0 Å². The molecule has 0 aliphatic carbocycles. The standard InChI is InChI=1S/C19H20BrNO3/c1-13(17-6-4-5-7-18(17)20)21-19(22)9-8-14-10-15(23-2)12-16(11-14)24-3/h4-13H,1-3H3,(H,21,22)/b9-8+/t13-/m1/s1. The van der Waals surface area contributed by atoms with Crippen LogP contribution in [0.3, 0.4) is 0 Å². The van der Waals surface area contributed by atoms with Crippen molar-refractivity contribution >= 4 is 27.9 Å². The van der Waals surface area contributed by atoms with Crippen molar-refractivity contribution in [2.75, 3.05) is 14.2 Å². The van der Waals surface area contributed by atoms with Gasteiger partial charge in [-0.3, -0.25) is 4.79 Å². The van der Waals surface area contributed by atoms with Crippen molar-refractivity contribution in [1.29, 1.82) is 0 Å². The summed E-state index contributed by atoms with van der Waals surface area (Å²) < 4.78 is 11.4. The molecule has 2 aromatic carbocycles. The Hall–Kier alpha value is -2.27. The molecule has 1 N–H and O–H groups in total. The van der Waals surface area contributed by atoms with Crippen molar-refractivity contribution in [3.63, 3.8) is 0 Å². The third kappa shape index (κ3) is 4.86. The van der Waals surface area contributed by atoms with Gasteiger partial charge >= 0.3 is 0 Å². The van der Waals surface area contributed by atoms with Gasteiger partial charge in [0.25, 0.3) is 0 Å². The Morgan fingerprint density at radius 2 is 1.75 bits per heavy atom. The maximum Gasteiger partial charge on any atom is 0.244 e. The summed E-state index contributed by atoms with van der Waals surface area (Å²) in [5.74, 6) is 1.19. The minimum absolute atomic E-state index is 0.0995. The molecule has 0 radical (unpaired) electrons. The summed E-state index contributed by atoms with van der Waals surface area (Å²) in [6.07, 6.45) is 3.23. The lowest BCUT2D eigenvalue weighted by Crippen LogP contribution is -2.24. The van der Waals surface area contributed by atoms with Gasteiger partial charge in [-0.05, 0) is 42.3 Å². The van der Waals surface area contributed by atoms with Gasteiger partial charge in [0.15, 0.2) is 0 Å². The molecule has 0 fully saturated rings. The van der Waals surface area contributed by atoms with Crippen molar-refractivity contribution in [3.05, 3.63) is 64.1 Å². The van der Waals surface area contributed by atoms with E-state index in [1.807, 2.05) is 43.3 Å². The number of amides is 1. The molecule has 0 bridgehead atoms. The molecule has 4 nitrogen and oxygen atoms in total. The zero-order valence-corrected chi connectivity index (χ0v) is 15.5. The highest BCUT2D eigenvalue weighted by Crippen LogP contribution is 2.24. The molecule has 2 rings (SSSR count). The number of benzene rings is 2. The number of halogens is 1. The highest BCUT2D eigenvalue weighted by atomic mass is 79.9. The molecule has 0 aliphatic heterocycles. The molecule has 5 heteroatoms. The van der Waals surface area contributed by atoms with Crippen LogP contribution in [0.5, 0.6) is 11.5 Å². The first-order chi connectivity index (χ1) is 11.5. The van der Waals surface area contributed by atoms with E-state index in [4.69, 9.17) is 9.47 Å². The van der Waals surface area contributed by atoms with E-state index >= 15 is 0 Å². The SMILES string of the molecule is COc1cc(/C=C/C(=O)N[C@H](C)c2ccccc2Br)cc(OC)c1. The molecule has 1 atom stereocenters. The van der Waals surface area contributed by atoms with Gasteiger partial charge < -0.3 is 14.8 Å². The fraction of sp³-hybridized carbons (Fsp3) is 0.211. The zero-order chi connectivity index (χ0) is 17.5. The molecule has 126 valence electrons. The van der Waals surface area contributed by atoms with Crippen LogP contribution < -0.4 is 14.8 Å². The molecule has 0 spiro atoms. The summed E-state index contributed by atoms with van der Waals surface area (Å²) in [6.45, 7) is 1.94. The van der Waals surface area contributed by atoms with E-state index in [9.17, 15) is 4.79 Å². The van der Waals surface area contributed by atoms with Gasteiger partial charge in [-0.25, -0.2) is 0 Å². The van der Waals surface area contributed by atoms with E-state index in [2.05, 4.69) is 21.2 Å². The maximum atomic E-state index is 12.1. The second kappa shape index (κ2) is 8.55. The van der Waals surface area contributed by atoms with Crippen molar-refractivity contribution in [1.82, 2.24) is 5.32 Å². The minimum Gasteiger partial charge on any atom is -0.497 e.